The van der Waals surface area contributed by atoms with Gasteiger partial charge in [0.15, 0.2) is 0 Å². The van der Waals surface area contributed by atoms with Crippen LogP contribution in [0.3, 0.4) is 0 Å². The molecule has 0 amide bonds. The Kier molecular flexibility index (Phi) is 15.4. The van der Waals surface area contributed by atoms with Gasteiger partial charge in [0, 0.05) is 6.54 Å². The number of hydrogen-bond acceptors (Lipinski definition) is 2. The molecule has 0 aliphatic rings. The van der Waals surface area contributed by atoms with E-state index in [1.54, 1.807) is 6.92 Å². The van der Waals surface area contributed by atoms with Gasteiger partial charge in [-0.05, 0) is 14.0 Å². The number of hydrogen-bond donors (Lipinski definition) is 2. The first kappa shape index (κ1) is 13.5. The van der Waals surface area contributed by atoms with Gasteiger partial charge in [0.05, 0.1) is 6.10 Å². The van der Waals surface area contributed by atoms with Crippen LogP contribution < -0.4 is 5.32 Å². The number of unbranched alkanes of at least 4 members (excludes halogenated alkanes) is 2. The molecule has 0 fully saturated rings. The van der Waals surface area contributed by atoms with E-state index in [4.69, 9.17) is 5.11 Å². The third kappa shape index (κ3) is 25.7. The number of rotatable bonds is 4. The molecule has 0 aliphatic carbocycles. The smallest absolute Gasteiger partial charge is 0.0636 e. The first-order chi connectivity index (χ1) is 5.18. The lowest BCUT2D eigenvalue weighted by atomic mass is 10.3. The lowest BCUT2D eigenvalue weighted by Gasteiger charge is -1.97. The Labute approximate surface area is 71.0 Å². The Balaban J connectivity index is 0. The quantitative estimate of drug-likeness (QED) is 0.659. The average molecular weight is 161 g/mol. The highest BCUT2D eigenvalue weighted by Gasteiger charge is 1.86. The van der Waals surface area contributed by atoms with E-state index in [0.717, 1.165) is 0 Å². The molecule has 0 bridgehead atoms. The minimum absolute atomic E-state index is 0.213. The normalized spacial score (nSPS) is 11.7. The maximum absolute atomic E-state index is 8.49. The van der Waals surface area contributed by atoms with Crippen molar-refractivity contribution in [1.29, 1.82) is 0 Å². The van der Waals surface area contributed by atoms with Crippen molar-refractivity contribution in [1.82, 2.24) is 5.32 Å². The van der Waals surface area contributed by atoms with Crippen LogP contribution in [0.1, 0.15) is 40.0 Å². The van der Waals surface area contributed by atoms with Crippen LogP contribution in [0.15, 0.2) is 0 Å². The van der Waals surface area contributed by atoms with Gasteiger partial charge in [0.25, 0.3) is 0 Å². The second kappa shape index (κ2) is 12.6. The molecule has 1 atom stereocenters. The van der Waals surface area contributed by atoms with E-state index >= 15 is 0 Å². The highest BCUT2D eigenvalue weighted by molar-refractivity contribution is 4.44. The van der Waals surface area contributed by atoms with Crippen molar-refractivity contribution < 1.29 is 5.11 Å². The number of aliphatic hydroxyl groups excluding tert-OH is 1. The third-order valence-electron chi connectivity index (χ3n) is 1.21. The molecule has 70 valence electrons. The summed E-state index contributed by atoms with van der Waals surface area (Å²) in [4.78, 5) is 0. The summed E-state index contributed by atoms with van der Waals surface area (Å²) in [5.74, 6) is 0. The van der Waals surface area contributed by atoms with E-state index in [9.17, 15) is 0 Å². The first-order valence-electron chi connectivity index (χ1n) is 4.51. The summed E-state index contributed by atoms with van der Waals surface area (Å²) in [5, 5.41) is 11.3. The summed E-state index contributed by atoms with van der Waals surface area (Å²) in [7, 11) is 1.81. The van der Waals surface area contributed by atoms with Gasteiger partial charge in [-0.25, -0.2) is 0 Å². The molecular formula is C9H23NO. The fourth-order valence-corrected chi connectivity index (χ4v) is 0.649. The summed E-state index contributed by atoms with van der Waals surface area (Å²) in [6.07, 6.45) is 3.86. The number of aliphatic hydroxyl groups is 1. The van der Waals surface area contributed by atoms with E-state index in [0.29, 0.717) is 6.54 Å². The van der Waals surface area contributed by atoms with Gasteiger partial charge in [-0.15, -0.1) is 0 Å². The van der Waals surface area contributed by atoms with Gasteiger partial charge < -0.3 is 10.4 Å². The van der Waals surface area contributed by atoms with Crippen molar-refractivity contribution in [2.45, 2.75) is 46.1 Å². The van der Waals surface area contributed by atoms with Crippen LogP contribution in [0.2, 0.25) is 0 Å². The van der Waals surface area contributed by atoms with Crippen LogP contribution in [0, 0.1) is 0 Å². The highest BCUT2D eigenvalue weighted by atomic mass is 16.3. The van der Waals surface area contributed by atoms with E-state index in [2.05, 4.69) is 19.2 Å². The molecular weight excluding hydrogens is 138 g/mol. The maximum atomic E-state index is 8.49. The molecule has 2 N–H and O–H groups in total. The second-order valence-electron chi connectivity index (χ2n) is 2.76. The summed E-state index contributed by atoms with van der Waals surface area (Å²) in [6.45, 7) is 6.85. The summed E-state index contributed by atoms with van der Waals surface area (Å²) >= 11 is 0. The zero-order chi connectivity index (χ0) is 9.11. The van der Waals surface area contributed by atoms with Crippen LogP contribution in [0.5, 0.6) is 0 Å². The Hall–Kier alpha value is -0.0800. The fourth-order valence-electron chi connectivity index (χ4n) is 0.649. The Bertz CT molecular complexity index is 53.5. The molecule has 11 heavy (non-hydrogen) atoms. The summed E-state index contributed by atoms with van der Waals surface area (Å²) in [5.41, 5.74) is 0. The van der Waals surface area contributed by atoms with E-state index in [1.807, 2.05) is 7.05 Å². The summed E-state index contributed by atoms with van der Waals surface area (Å²) < 4.78 is 0. The van der Waals surface area contributed by atoms with Crippen LogP contribution in [-0.2, 0) is 0 Å². The third-order valence-corrected chi connectivity index (χ3v) is 1.21. The zero-order valence-electron chi connectivity index (χ0n) is 8.35. The van der Waals surface area contributed by atoms with E-state index in [1.165, 1.54) is 19.3 Å². The predicted octanol–water partition coefficient (Wildman–Crippen LogP) is 1.78. The molecule has 0 aromatic carbocycles. The Morgan fingerprint density at radius 2 is 1.73 bits per heavy atom. The van der Waals surface area contributed by atoms with E-state index in [-0.39, 0.29) is 6.10 Å². The van der Waals surface area contributed by atoms with Gasteiger partial charge in [-0.1, -0.05) is 33.1 Å². The van der Waals surface area contributed by atoms with Crippen molar-refractivity contribution in [3.63, 3.8) is 0 Å². The van der Waals surface area contributed by atoms with Crippen molar-refractivity contribution in [3.05, 3.63) is 0 Å². The number of nitrogens with one attached hydrogen (secondary N) is 1. The highest BCUT2D eigenvalue weighted by Crippen LogP contribution is 1.88. The van der Waals surface area contributed by atoms with Gasteiger partial charge in [-0.3, -0.25) is 0 Å². The molecule has 2 heteroatoms. The van der Waals surface area contributed by atoms with Crippen molar-refractivity contribution >= 4 is 0 Å². The van der Waals surface area contributed by atoms with Gasteiger partial charge in [0.2, 0.25) is 0 Å². The van der Waals surface area contributed by atoms with Crippen molar-refractivity contribution in [2.24, 2.45) is 0 Å². The molecule has 0 rings (SSSR count). The average Bonchev–Trinajstić information content (AvgIpc) is 1.90. The molecule has 0 aliphatic heterocycles. The molecule has 0 saturated carbocycles. The largest absolute Gasteiger partial charge is 0.392 e. The molecule has 2 nitrogen and oxygen atoms in total. The molecule has 0 spiro atoms. The predicted molar refractivity (Wildman–Crippen MR) is 50.8 cm³/mol. The Morgan fingerprint density at radius 3 is 1.73 bits per heavy atom. The van der Waals surface area contributed by atoms with Crippen LogP contribution >= 0.6 is 0 Å². The van der Waals surface area contributed by atoms with Gasteiger partial charge in [-0.2, -0.15) is 0 Å². The molecule has 0 aromatic heterocycles. The molecule has 0 radical (unpaired) electrons. The number of likely N-dealkylation sites (N-methyl/N-ethyl adjacent to an activating group) is 1. The molecule has 0 aromatic rings. The second-order valence-corrected chi connectivity index (χ2v) is 2.76. The minimum Gasteiger partial charge on any atom is -0.392 e. The monoisotopic (exact) mass is 161 g/mol. The molecule has 0 saturated heterocycles. The lowest BCUT2D eigenvalue weighted by Crippen LogP contribution is -2.19. The molecule has 0 heterocycles. The van der Waals surface area contributed by atoms with E-state index < -0.39 is 0 Å². The van der Waals surface area contributed by atoms with Crippen LogP contribution in [0.25, 0.3) is 0 Å². The first-order valence-corrected chi connectivity index (χ1v) is 4.51. The maximum Gasteiger partial charge on any atom is 0.0636 e. The van der Waals surface area contributed by atoms with Crippen molar-refractivity contribution in [3.8, 4) is 0 Å². The molecule has 1 unspecified atom stereocenters. The Morgan fingerprint density at radius 1 is 1.27 bits per heavy atom. The SMILES string of the molecule is CCCCC.CNCC(C)O. The fraction of sp³-hybridized carbons (Fsp3) is 1.00. The van der Waals surface area contributed by atoms with Gasteiger partial charge >= 0.3 is 0 Å². The standard InChI is InChI=1S/C5H12.C4H11NO/c1-3-5-4-2;1-4(6)3-5-2/h3-5H2,1-2H3;4-6H,3H2,1-2H3. The summed E-state index contributed by atoms with van der Waals surface area (Å²) in [6, 6.07) is 0. The van der Waals surface area contributed by atoms with Gasteiger partial charge in [0.1, 0.15) is 0 Å². The van der Waals surface area contributed by atoms with Crippen LogP contribution in [-0.4, -0.2) is 24.8 Å². The zero-order valence-corrected chi connectivity index (χ0v) is 8.35. The topological polar surface area (TPSA) is 32.3 Å². The minimum atomic E-state index is -0.213. The van der Waals surface area contributed by atoms with Crippen molar-refractivity contribution in [2.75, 3.05) is 13.6 Å². The lowest BCUT2D eigenvalue weighted by molar-refractivity contribution is 0.194. The van der Waals surface area contributed by atoms with Crippen LogP contribution in [0.4, 0.5) is 0 Å².